The van der Waals surface area contributed by atoms with E-state index in [1.165, 1.54) is 35.2 Å². The lowest BCUT2D eigenvalue weighted by Crippen LogP contribution is -2.30. The Kier molecular flexibility index (Phi) is 3.97. The molecule has 148 valence electrons. The molecule has 5 nitrogen and oxygen atoms in total. The number of pyridine rings is 1. The molecule has 0 atom stereocenters. The van der Waals surface area contributed by atoms with E-state index in [0.29, 0.717) is 0 Å². The maximum atomic E-state index is 13.6. The van der Waals surface area contributed by atoms with Crippen molar-refractivity contribution in [1.29, 1.82) is 0 Å². The molecule has 0 amide bonds. The number of thiazole rings is 1. The van der Waals surface area contributed by atoms with Gasteiger partial charge >= 0.3 is 0 Å². The van der Waals surface area contributed by atoms with Crippen LogP contribution in [-0.4, -0.2) is 34.6 Å². The number of nitrogens with one attached hydrogen (secondary N) is 1. The Morgan fingerprint density at radius 1 is 1.03 bits per heavy atom. The Morgan fingerprint density at radius 3 is 2.83 bits per heavy atom. The molecule has 0 aliphatic carbocycles. The van der Waals surface area contributed by atoms with Gasteiger partial charge in [-0.3, -0.25) is 0 Å². The number of aromatic nitrogens is 3. The first-order valence-electron chi connectivity index (χ1n) is 10.3. The molecule has 4 aromatic rings. The largest absolute Gasteiger partial charge is 0.358 e. The highest BCUT2D eigenvalue weighted by Crippen LogP contribution is 2.34. The summed E-state index contributed by atoms with van der Waals surface area (Å²) in [6.07, 6.45) is 6.65. The fraction of sp³-hybridized carbons (Fsp3) is 0.364. The third-order valence-corrected chi connectivity index (χ3v) is 7.22. The van der Waals surface area contributed by atoms with Crippen LogP contribution in [0.3, 0.4) is 0 Å². The lowest BCUT2D eigenvalue weighted by molar-refractivity contribution is 0.577. The van der Waals surface area contributed by atoms with Gasteiger partial charge in [0.15, 0.2) is 5.13 Å². The van der Waals surface area contributed by atoms with E-state index < -0.39 is 0 Å². The molecule has 0 unspecified atom stereocenters. The quantitative estimate of drug-likeness (QED) is 0.515. The summed E-state index contributed by atoms with van der Waals surface area (Å²) in [5, 5.41) is 2.23. The van der Waals surface area contributed by atoms with E-state index in [9.17, 15) is 4.39 Å². The Hall–Kier alpha value is -2.67. The van der Waals surface area contributed by atoms with E-state index in [-0.39, 0.29) is 5.82 Å². The Balaban J connectivity index is 1.32. The van der Waals surface area contributed by atoms with Crippen LogP contribution in [0.4, 0.5) is 15.3 Å². The fourth-order valence-corrected chi connectivity index (χ4v) is 5.61. The fourth-order valence-electron chi connectivity index (χ4n) is 4.59. The standard InChI is InChI=1S/C22H22FN5S/c23-14-4-5-15-16-13-28(9-6-17(16)25-18(15)10-14)21-11-20-19(12-24-21)26-22(29-20)27-7-2-1-3-8-27/h4-5,10-12,25H,1-3,6-9,13H2. The van der Waals surface area contributed by atoms with E-state index in [0.717, 1.165) is 60.0 Å². The summed E-state index contributed by atoms with van der Waals surface area (Å²) in [5.74, 6) is 0.795. The van der Waals surface area contributed by atoms with Crippen molar-refractivity contribution >= 4 is 43.4 Å². The second-order valence-electron chi connectivity index (χ2n) is 8.00. The zero-order chi connectivity index (χ0) is 19.4. The molecule has 7 heteroatoms. The van der Waals surface area contributed by atoms with Crippen LogP contribution < -0.4 is 9.80 Å². The molecule has 1 saturated heterocycles. The molecule has 29 heavy (non-hydrogen) atoms. The van der Waals surface area contributed by atoms with Gasteiger partial charge in [-0.25, -0.2) is 14.4 Å². The van der Waals surface area contributed by atoms with Gasteiger partial charge in [-0.1, -0.05) is 11.3 Å². The van der Waals surface area contributed by atoms with Crippen LogP contribution in [0.1, 0.15) is 30.5 Å². The van der Waals surface area contributed by atoms with E-state index in [2.05, 4.69) is 20.9 Å². The molecule has 2 aliphatic rings. The lowest BCUT2D eigenvalue weighted by Gasteiger charge is -2.28. The number of aromatic amines is 1. The molecule has 2 aliphatic heterocycles. The summed E-state index contributed by atoms with van der Waals surface area (Å²) in [6, 6.07) is 7.19. The first-order chi connectivity index (χ1) is 14.2. The predicted molar refractivity (Wildman–Crippen MR) is 116 cm³/mol. The van der Waals surface area contributed by atoms with Gasteiger partial charge in [-0.05, 0) is 37.5 Å². The van der Waals surface area contributed by atoms with Crippen molar-refractivity contribution in [2.45, 2.75) is 32.2 Å². The van der Waals surface area contributed by atoms with Gasteiger partial charge in [0.05, 0.1) is 10.9 Å². The minimum absolute atomic E-state index is 0.199. The van der Waals surface area contributed by atoms with Crippen molar-refractivity contribution in [3.8, 4) is 0 Å². The van der Waals surface area contributed by atoms with Crippen molar-refractivity contribution in [2.24, 2.45) is 0 Å². The predicted octanol–water partition coefficient (Wildman–Crippen LogP) is 4.86. The molecule has 1 aromatic carbocycles. The average molecular weight is 408 g/mol. The minimum atomic E-state index is -0.199. The van der Waals surface area contributed by atoms with E-state index >= 15 is 0 Å². The number of benzene rings is 1. The maximum absolute atomic E-state index is 13.6. The smallest absolute Gasteiger partial charge is 0.186 e. The first-order valence-corrected chi connectivity index (χ1v) is 11.1. The number of hydrogen-bond acceptors (Lipinski definition) is 5. The maximum Gasteiger partial charge on any atom is 0.186 e. The third-order valence-electron chi connectivity index (χ3n) is 6.14. The van der Waals surface area contributed by atoms with E-state index in [1.807, 2.05) is 12.3 Å². The summed E-state index contributed by atoms with van der Waals surface area (Å²) in [4.78, 5) is 17.7. The highest BCUT2D eigenvalue weighted by Gasteiger charge is 2.23. The molecule has 0 radical (unpaired) electrons. The number of piperidine rings is 1. The zero-order valence-electron chi connectivity index (χ0n) is 16.1. The van der Waals surface area contributed by atoms with Crippen LogP contribution in [0.15, 0.2) is 30.5 Å². The minimum Gasteiger partial charge on any atom is -0.358 e. The van der Waals surface area contributed by atoms with Crippen molar-refractivity contribution in [2.75, 3.05) is 29.4 Å². The zero-order valence-corrected chi connectivity index (χ0v) is 16.9. The second kappa shape index (κ2) is 6.69. The molecule has 5 heterocycles. The summed E-state index contributed by atoms with van der Waals surface area (Å²) in [6.45, 7) is 3.90. The summed E-state index contributed by atoms with van der Waals surface area (Å²) in [7, 11) is 0. The molecular formula is C22H22FN5S. The van der Waals surface area contributed by atoms with Gasteiger partial charge in [0, 0.05) is 60.8 Å². The molecule has 3 aromatic heterocycles. The van der Waals surface area contributed by atoms with Gasteiger partial charge in [-0.15, -0.1) is 0 Å². The van der Waals surface area contributed by atoms with Gasteiger partial charge < -0.3 is 14.8 Å². The lowest BCUT2D eigenvalue weighted by atomic mass is 10.0. The monoisotopic (exact) mass is 407 g/mol. The molecule has 0 bridgehead atoms. The number of rotatable bonds is 2. The number of hydrogen-bond donors (Lipinski definition) is 1. The molecule has 0 saturated carbocycles. The van der Waals surface area contributed by atoms with Crippen LogP contribution in [0, 0.1) is 5.82 Å². The normalized spacial score (nSPS) is 17.3. The molecule has 6 rings (SSSR count). The third kappa shape index (κ3) is 2.95. The number of anilines is 2. The summed E-state index contributed by atoms with van der Waals surface area (Å²) in [5.41, 5.74) is 4.34. The number of H-pyrrole nitrogens is 1. The first kappa shape index (κ1) is 17.2. The van der Waals surface area contributed by atoms with Crippen LogP contribution in [0.25, 0.3) is 21.1 Å². The molecule has 1 N–H and O–H groups in total. The molecule has 1 fully saturated rings. The van der Waals surface area contributed by atoms with Gasteiger partial charge in [0.2, 0.25) is 0 Å². The summed E-state index contributed by atoms with van der Waals surface area (Å²) < 4.78 is 14.8. The SMILES string of the molecule is Fc1ccc2c3c([nH]c2c1)CCN(c1cc2sc(N4CCCCC4)nc2cn1)C3. The van der Waals surface area contributed by atoms with Crippen LogP contribution in [0.2, 0.25) is 0 Å². The van der Waals surface area contributed by atoms with Crippen molar-refractivity contribution in [3.63, 3.8) is 0 Å². The Bertz CT molecular complexity index is 1210. The van der Waals surface area contributed by atoms with Crippen molar-refractivity contribution in [1.82, 2.24) is 15.0 Å². The van der Waals surface area contributed by atoms with Crippen molar-refractivity contribution in [3.05, 3.63) is 47.5 Å². The molecular weight excluding hydrogens is 385 g/mol. The van der Waals surface area contributed by atoms with E-state index in [1.54, 1.807) is 23.5 Å². The van der Waals surface area contributed by atoms with Gasteiger partial charge in [-0.2, -0.15) is 0 Å². The highest BCUT2D eigenvalue weighted by atomic mass is 32.1. The second-order valence-corrected chi connectivity index (χ2v) is 9.01. The molecule has 0 spiro atoms. The summed E-state index contributed by atoms with van der Waals surface area (Å²) >= 11 is 1.77. The van der Waals surface area contributed by atoms with E-state index in [4.69, 9.17) is 9.97 Å². The Morgan fingerprint density at radius 2 is 1.93 bits per heavy atom. The van der Waals surface area contributed by atoms with Crippen molar-refractivity contribution < 1.29 is 4.39 Å². The number of fused-ring (bicyclic) bond motifs is 4. The van der Waals surface area contributed by atoms with Gasteiger partial charge in [0.1, 0.15) is 17.2 Å². The Labute approximate surface area is 172 Å². The topological polar surface area (TPSA) is 48.1 Å². The van der Waals surface area contributed by atoms with Gasteiger partial charge in [0.25, 0.3) is 0 Å². The average Bonchev–Trinajstić information content (AvgIpc) is 3.34. The highest BCUT2D eigenvalue weighted by molar-refractivity contribution is 7.22. The number of halogens is 1. The number of nitrogens with zero attached hydrogens (tertiary/aromatic N) is 4. The van der Waals surface area contributed by atoms with Crippen LogP contribution >= 0.6 is 11.3 Å². The van der Waals surface area contributed by atoms with Crippen LogP contribution in [0.5, 0.6) is 0 Å². The van der Waals surface area contributed by atoms with Crippen LogP contribution in [-0.2, 0) is 13.0 Å².